The molecule has 12 heteroatoms. The van der Waals surface area contributed by atoms with Gasteiger partial charge in [0.15, 0.2) is 6.29 Å². The van der Waals surface area contributed by atoms with Gasteiger partial charge in [-0.3, -0.25) is 4.79 Å². The molecule has 2 aliphatic rings. The van der Waals surface area contributed by atoms with Gasteiger partial charge in [0.05, 0.1) is 36.7 Å². The molecule has 0 N–H and O–H groups in total. The van der Waals surface area contributed by atoms with E-state index in [2.05, 4.69) is 0 Å². The van der Waals surface area contributed by atoms with E-state index in [1.807, 2.05) is 24.3 Å². The Labute approximate surface area is 295 Å². The molecule has 2 saturated heterocycles. The topological polar surface area (TPSA) is 126 Å². The van der Waals surface area contributed by atoms with Crippen molar-refractivity contribution in [3.63, 3.8) is 0 Å². The Hall–Kier alpha value is -4.88. The highest BCUT2D eigenvalue weighted by atomic mass is 16.7. The van der Waals surface area contributed by atoms with Gasteiger partial charge in [-0.05, 0) is 103 Å². The summed E-state index contributed by atoms with van der Waals surface area (Å²) >= 11 is 0. The lowest BCUT2D eigenvalue weighted by Crippen LogP contribution is -2.22. The standard InChI is InChI=1S/C25H29NO7.C14H14O4/c1-28-23-14-17-13-20(32-15-21-5-4-12-31-21)10-11-22(17)25(27)26(23)18-6-8-19(9-7-18)33-16-24(29-2)30-3;15-14-13-4-3-11(8-10(13)5-7-17-14)18-9-12-2-1-6-16-12/h6-11,13-14,21,24H,4-5,12,15-16H2,1-3H3;3-5,7-8,12H,1-2,6,9H2. The van der Waals surface area contributed by atoms with Crippen LogP contribution in [0.2, 0.25) is 0 Å². The summed E-state index contributed by atoms with van der Waals surface area (Å²) in [5, 5.41) is 2.73. The molecule has 0 saturated carbocycles. The summed E-state index contributed by atoms with van der Waals surface area (Å²) in [6, 6.07) is 21.6. The van der Waals surface area contributed by atoms with E-state index in [9.17, 15) is 9.59 Å². The van der Waals surface area contributed by atoms with Crippen molar-refractivity contribution in [3.8, 4) is 28.8 Å². The Bertz CT molecular complexity index is 1990. The smallest absolute Gasteiger partial charge is 0.343 e. The number of hydrogen-bond donors (Lipinski definition) is 0. The molecule has 2 fully saturated rings. The van der Waals surface area contributed by atoms with Crippen LogP contribution < -0.4 is 30.1 Å². The van der Waals surface area contributed by atoms with Crippen LogP contribution in [0.15, 0.2) is 93.1 Å². The Morgan fingerprint density at radius 2 is 1.31 bits per heavy atom. The van der Waals surface area contributed by atoms with Crippen LogP contribution in [0, 0.1) is 0 Å². The van der Waals surface area contributed by atoms with E-state index in [1.54, 1.807) is 69.9 Å². The number of rotatable bonds is 13. The lowest BCUT2D eigenvalue weighted by atomic mass is 10.1. The predicted octanol–water partition coefficient (Wildman–Crippen LogP) is 5.91. The fourth-order valence-corrected chi connectivity index (χ4v) is 5.96. The normalized spacial score (nSPS) is 17.0. The van der Waals surface area contributed by atoms with E-state index in [-0.39, 0.29) is 30.0 Å². The molecule has 2 aliphatic heterocycles. The van der Waals surface area contributed by atoms with Crippen molar-refractivity contribution in [1.29, 1.82) is 0 Å². The van der Waals surface area contributed by atoms with Crippen molar-refractivity contribution in [2.24, 2.45) is 0 Å². The molecular formula is C39H43NO11. The van der Waals surface area contributed by atoms with Gasteiger partial charge >= 0.3 is 5.63 Å². The maximum Gasteiger partial charge on any atom is 0.343 e. The van der Waals surface area contributed by atoms with Gasteiger partial charge in [-0.2, -0.15) is 0 Å². The Morgan fingerprint density at radius 1 is 0.706 bits per heavy atom. The van der Waals surface area contributed by atoms with Crippen LogP contribution in [0.25, 0.3) is 27.2 Å². The minimum absolute atomic E-state index is 0.130. The van der Waals surface area contributed by atoms with Crippen LogP contribution in [-0.2, 0) is 18.9 Å². The van der Waals surface area contributed by atoms with E-state index in [0.717, 1.165) is 55.4 Å². The zero-order valence-electron chi connectivity index (χ0n) is 29.0. The quantitative estimate of drug-likeness (QED) is 0.136. The summed E-state index contributed by atoms with van der Waals surface area (Å²) in [4.78, 5) is 24.8. The number of fused-ring (bicyclic) bond motifs is 2. The first-order valence-electron chi connectivity index (χ1n) is 17.0. The van der Waals surface area contributed by atoms with Crippen LogP contribution in [0.3, 0.4) is 0 Å². The summed E-state index contributed by atoms with van der Waals surface area (Å²) in [7, 11) is 4.65. The largest absolute Gasteiger partial charge is 0.491 e. The number of ether oxygens (including phenoxy) is 8. The molecule has 0 spiro atoms. The zero-order chi connectivity index (χ0) is 35.6. The number of hydrogen-bond acceptors (Lipinski definition) is 11. The number of methoxy groups -OCH3 is 3. The molecule has 0 bridgehead atoms. The fourth-order valence-electron chi connectivity index (χ4n) is 5.96. The minimum Gasteiger partial charge on any atom is -0.491 e. The van der Waals surface area contributed by atoms with Crippen molar-refractivity contribution >= 4 is 21.5 Å². The SMILES string of the molecule is COc1cc2cc(OCC3CCCO3)ccc2c(=O)n1-c1ccc(OCC(OC)OC)cc1.O=c1occc2cc(OCC3CCCO3)ccc12. The highest BCUT2D eigenvalue weighted by Gasteiger charge is 2.18. The average molecular weight is 702 g/mol. The molecule has 7 rings (SSSR count). The monoisotopic (exact) mass is 701 g/mol. The van der Waals surface area contributed by atoms with Crippen LogP contribution in [0.4, 0.5) is 0 Å². The average Bonchev–Trinajstić information content (AvgIpc) is 3.89. The van der Waals surface area contributed by atoms with Crippen molar-refractivity contribution in [2.75, 3.05) is 54.4 Å². The summed E-state index contributed by atoms with van der Waals surface area (Å²) in [6.45, 7) is 2.93. The summed E-state index contributed by atoms with van der Waals surface area (Å²) in [5.74, 6) is 2.52. The predicted molar refractivity (Wildman–Crippen MR) is 191 cm³/mol. The van der Waals surface area contributed by atoms with Crippen molar-refractivity contribution in [1.82, 2.24) is 4.57 Å². The molecule has 0 amide bonds. The first kappa shape index (κ1) is 35.9. The van der Waals surface area contributed by atoms with Crippen LogP contribution in [0.5, 0.6) is 23.1 Å². The fraction of sp³-hybridized carbons (Fsp3) is 0.385. The molecule has 51 heavy (non-hydrogen) atoms. The van der Waals surface area contributed by atoms with Gasteiger partial charge < -0.3 is 42.3 Å². The second-order valence-corrected chi connectivity index (χ2v) is 12.1. The number of nitrogens with zero attached hydrogens (tertiary/aromatic N) is 1. The minimum atomic E-state index is -0.451. The second kappa shape index (κ2) is 17.4. The maximum atomic E-state index is 13.3. The number of aromatic nitrogens is 1. The van der Waals surface area contributed by atoms with Crippen LogP contribution >= 0.6 is 0 Å². The van der Waals surface area contributed by atoms with E-state index >= 15 is 0 Å². The van der Waals surface area contributed by atoms with Gasteiger partial charge in [0.25, 0.3) is 5.56 Å². The lowest BCUT2D eigenvalue weighted by molar-refractivity contribution is -0.121. The van der Waals surface area contributed by atoms with E-state index in [1.165, 1.54) is 10.8 Å². The van der Waals surface area contributed by atoms with Gasteiger partial charge in [-0.1, -0.05) is 0 Å². The second-order valence-electron chi connectivity index (χ2n) is 12.1. The molecule has 12 nitrogen and oxygen atoms in total. The van der Waals surface area contributed by atoms with Crippen LogP contribution in [-0.4, -0.2) is 77.4 Å². The molecular weight excluding hydrogens is 658 g/mol. The number of benzene rings is 3. The highest BCUT2D eigenvalue weighted by molar-refractivity contribution is 5.84. The third kappa shape index (κ3) is 9.08. The Balaban J connectivity index is 0.000000208. The van der Waals surface area contributed by atoms with Crippen molar-refractivity contribution in [2.45, 2.75) is 44.2 Å². The Morgan fingerprint density at radius 3 is 1.90 bits per heavy atom. The summed E-state index contributed by atoms with van der Waals surface area (Å²) < 4.78 is 50.5. The van der Waals surface area contributed by atoms with E-state index in [0.29, 0.717) is 47.1 Å². The van der Waals surface area contributed by atoms with Gasteiger partial charge in [0.2, 0.25) is 5.88 Å². The molecule has 0 radical (unpaired) electrons. The molecule has 2 unspecified atom stereocenters. The molecule has 3 aromatic carbocycles. The summed E-state index contributed by atoms with van der Waals surface area (Å²) in [5.41, 5.74) is 0.167. The first-order chi connectivity index (χ1) is 24.9. The molecule has 0 aliphatic carbocycles. The third-order valence-corrected chi connectivity index (χ3v) is 8.76. The number of pyridine rings is 1. The lowest BCUT2D eigenvalue weighted by Gasteiger charge is -2.16. The summed E-state index contributed by atoms with van der Waals surface area (Å²) in [6.07, 6.45) is 5.50. The first-order valence-corrected chi connectivity index (χ1v) is 17.0. The molecule has 2 atom stereocenters. The third-order valence-electron chi connectivity index (χ3n) is 8.76. The van der Waals surface area contributed by atoms with Gasteiger partial charge in [0, 0.05) is 38.9 Å². The van der Waals surface area contributed by atoms with Gasteiger partial charge in [-0.25, -0.2) is 9.36 Å². The molecule has 2 aromatic heterocycles. The van der Waals surface area contributed by atoms with Crippen molar-refractivity contribution in [3.05, 3.63) is 99.8 Å². The maximum absolute atomic E-state index is 13.3. The van der Waals surface area contributed by atoms with Gasteiger partial charge in [0.1, 0.15) is 37.1 Å². The Kier molecular flexibility index (Phi) is 12.2. The molecule has 4 heterocycles. The van der Waals surface area contributed by atoms with Crippen molar-refractivity contribution < 1.29 is 42.3 Å². The van der Waals surface area contributed by atoms with Crippen LogP contribution in [0.1, 0.15) is 25.7 Å². The molecule has 270 valence electrons. The molecule has 5 aromatic rings. The highest BCUT2D eigenvalue weighted by Crippen LogP contribution is 2.27. The van der Waals surface area contributed by atoms with Gasteiger partial charge in [-0.15, -0.1) is 0 Å². The van der Waals surface area contributed by atoms with E-state index < -0.39 is 6.29 Å². The van der Waals surface area contributed by atoms with E-state index in [4.69, 9.17) is 42.3 Å². The zero-order valence-corrected chi connectivity index (χ0v) is 29.0.